The Morgan fingerprint density at radius 3 is 2.48 bits per heavy atom. The summed E-state index contributed by atoms with van der Waals surface area (Å²) in [7, 11) is -3.95. The Hall–Kier alpha value is -1.60. The largest absolute Gasteiger partial charge is 0.442 e. The lowest BCUT2D eigenvalue weighted by Crippen LogP contribution is -2.43. The molecule has 0 radical (unpaired) electrons. The maximum atomic E-state index is 12.3. The highest BCUT2D eigenvalue weighted by atomic mass is 32.2. The van der Waals surface area contributed by atoms with Crippen molar-refractivity contribution in [2.75, 3.05) is 0 Å². The molecule has 0 spiro atoms. The third kappa shape index (κ3) is 3.27. The molecule has 2 heterocycles. The fourth-order valence-electron chi connectivity index (χ4n) is 3.77. The quantitative estimate of drug-likeness (QED) is 0.884. The van der Waals surface area contributed by atoms with E-state index in [0.29, 0.717) is 12.3 Å². The fraction of sp³-hybridized carbons (Fsp3) is 0.611. The van der Waals surface area contributed by atoms with E-state index >= 15 is 0 Å². The van der Waals surface area contributed by atoms with Gasteiger partial charge in [0.05, 0.1) is 10.5 Å². The van der Waals surface area contributed by atoms with Crippen LogP contribution in [0.2, 0.25) is 0 Å². The molecule has 1 aromatic carbocycles. The highest BCUT2D eigenvalue weighted by Crippen LogP contribution is 2.54. The first-order valence-electron chi connectivity index (χ1n) is 8.57. The van der Waals surface area contributed by atoms with Crippen LogP contribution in [0.15, 0.2) is 29.2 Å². The monoisotopic (exact) mass is 367 g/mol. The van der Waals surface area contributed by atoms with E-state index in [4.69, 9.17) is 9.47 Å². The van der Waals surface area contributed by atoms with Gasteiger partial charge >= 0.3 is 6.09 Å². The zero-order valence-corrected chi connectivity index (χ0v) is 15.9. The lowest BCUT2D eigenvalue weighted by Gasteiger charge is -2.31. The molecule has 7 heteroatoms. The van der Waals surface area contributed by atoms with Crippen LogP contribution in [-0.4, -0.2) is 31.8 Å². The molecule has 3 rings (SSSR count). The molecule has 1 amide bonds. The Bertz CT molecular complexity index is 773. The predicted octanol–water partition coefficient (Wildman–Crippen LogP) is 3.15. The van der Waals surface area contributed by atoms with Crippen LogP contribution in [0.4, 0.5) is 4.79 Å². The Balaban J connectivity index is 1.68. The van der Waals surface area contributed by atoms with Gasteiger partial charge in [0.1, 0.15) is 11.7 Å². The average molecular weight is 367 g/mol. The number of fused-ring (bicyclic) bond motifs is 2. The normalized spacial score (nSPS) is 31.3. The Morgan fingerprint density at radius 2 is 1.92 bits per heavy atom. The van der Waals surface area contributed by atoms with Gasteiger partial charge < -0.3 is 9.47 Å². The van der Waals surface area contributed by atoms with Crippen LogP contribution >= 0.6 is 0 Å². The fourth-order valence-corrected chi connectivity index (χ4v) is 4.65. The molecule has 2 fully saturated rings. The zero-order valence-electron chi connectivity index (χ0n) is 15.0. The highest BCUT2D eigenvalue weighted by molar-refractivity contribution is 7.90. The number of amides is 1. The van der Waals surface area contributed by atoms with Crippen molar-refractivity contribution >= 4 is 16.1 Å². The highest BCUT2D eigenvalue weighted by Gasteiger charge is 2.61. The maximum Gasteiger partial charge on any atom is 0.421 e. The summed E-state index contributed by atoms with van der Waals surface area (Å²) in [6.45, 7) is 7.97. The van der Waals surface area contributed by atoms with Crippen molar-refractivity contribution in [3.8, 4) is 0 Å². The third-order valence-corrected chi connectivity index (χ3v) is 6.87. The molecule has 2 aliphatic heterocycles. The molecule has 0 aliphatic carbocycles. The van der Waals surface area contributed by atoms with E-state index in [1.807, 2.05) is 18.6 Å². The first kappa shape index (κ1) is 18.2. The van der Waals surface area contributed by atoms with Crippen LogP contribution in [0, 0.1) is 12.8 Å². The lowest BCUT2D eigenvalue weighted by atomic mass is 9.75. The third-order valence-electron chi connectivity index (χ3n) is 5.54. The summed E-state index contributed by atoms with van der Waals surface area (Å²) in [5, 5.41) is 0. The molecular formula is C18H25NO5S. The van der Waals surface area contributed by atoms with Crippen molar-refractivity contribution in [3.63, 3.8) is 0 Å². The summed E-state index contributed by atoms with van der Waals surface area (Å²) in [4.78, 5) is 12.2. The zero-order chi connectivity index (χ0) is 18.5. The van der Waals surface area contributed by atoms with E-state index in [1.165, 1.54) is 12.1 Å². The summed E-state index contributed by atoms with van der Waals surface area (Å²) in [6.07, 6.45) is 0.927. The molecule has 3 atom stereocenters. The molecule has 2 aliphatic rings. The number of carbonyl (C=O) groups excluding carboxylic acids is 1. The lowest BCUT2D eigenvalue weighted by molar-refractivity contribution is -0.0813. The van der Waals surface area contributed by atoms with Gasteiger partial charge in [0.15, 0.2) is 0 Å². The minimum atomic E-state index is -3.95. The van der Waals surface area contributed by atoms with Crippen molar-refractivity contribution in [1.82, 2.24) is 4.72 Å². The number of hydrogen-bond acceptors (Lipinski definition) is 5. The Morgan fingerprint density at radius 1 is 1.28 bits per heavy atom. The van der Waals surface area contributed by atoms with E-state index in [2.05, 4.69) is 13.8 Å². The van der Waals surface area contributed by atoms with Crippen LogP contribution in [0.3, 0.4) is 0 Å². The van der Waals surface area contributed by atoms with Gasteiger partial charge in [-0.05, 0) is 44.7 Å². The second kappa shape index (κ2) is 5.99. The number of carbonyl (C=O) groups is 1. The number of ether oxygens (including phenoxy) is 2. The molecule has 6 nitrogen and oxygen atoms in total. The van der Waals surface area contributed by atoms with Gasteiger partial charge in [-0.1, -0.05) is 31.5 Å². The number of sulfonamides is 1. The molecule has 138 valence electrons. The van der Waals surface area contributed by atoms with E-state index in [-0.39, 0.29) is 10.5 Å². The Labute approximate surface area is 148 Å². The minimum Gasteiger partial charge on any atom is -0.442 e. The Kier molecular flexibility index (Phi) is 4.36. The smallest absolute Gasteiger partial charge is 0.421 e. The first-order valence-corrected chi connectivity index (χ1v) is 10.0. The van der Waals surface area contributed by atoms with Crippen molar-refractivity contribution < 1.29 is 22.7 Å². The second-order valence-electron chi connectivity index (χ2n) is 7.65. The van der Waals surface area contributed by atoms with Crippen LogP contribution in [0.5, 0.6) is 0 Å². The minimum absolute atomic E-state index is 0.0316. The topological polar surface area (TPSA) is 81.7 Å². The predicted molar refractivity (Wildman–Crippen MR) is 92.7 cm³/mol. The second-order valence-corrected chi connectivity index (χ2v) is 9.33. The maximum absolute atomic E-state index is 12.3. The van der Waals surface area contributed by atoms with Crippen molar-refractivity contribution in [1.29, 1.82) is 0 Å². The van der Waals surface area contributed by atoms with Gasteiger partial charge in [-0.3, -0.25) is 0 Å². The van der Waals surface area contributed by atoms with Crippen molar-refractivity contribution in [2.24, 2.45) is 5.92 Å². The summed E-state index contributed by atoms with van der Waals surface area (Å²) >= 11 is 0. The summed E-state index contributed by atoms with van der Waals surface area (Å²) in [6, 6.07) is 6.27. The van der Waals surface area contributed by atoms with Gasteiger partial charge in [-0.25, -0.2) is 17.9 Å². The molecule has 2 saturated heterocycles. The molecule has 0 aromatic heterocycles. The van der Waals surface area contributed by atoms with Crippen LogP contribution < -0.4 is 4.72 Å². The van der Waals surface area contributed by atoms with Crippen molar-refractivity contribution in [3.05, 3.63) is 29.8 Å². The molecule has 1 aromatic rings. The molecule has 25 heavy (non-hydrogen) atoms. The molecule has 2 bridgehead atoms. The van der Waals surface area contributed by atoms with Crippen molar-refractivity contribution in [2.45, 2.75) is 69.2 Å². The van der Waals surface area contributed by atoms with E-state index in [0.717, 1.165) is 18.4 Å². The van der Waals surface area contributed by atoms with Gasteiger partial charge in [-0.2, -0.15) is 0 Å². The first-order chi connectivity index (χ1) is 11.6. The summed E-state index contributed by atoms with van der Waals surface area (Å²) < 4.78 is 38.2. The van der Waals surface area contributed by atoms with E-state index < -0.39 is 27.8 Å². The number of nitrogens with one attached hydrogen (secondary N) is 1. The number of rotatable bonds is 4. The van der Waals surface area contributed by atoms with Gasteiger partial charge in [0.2, 0.25) is 0 Å². The van der Waals surface area contributed by atoms with Gasteiger partial charge in [-0.15, -0.1) is 0 Å². The number of aryl methyl sites for hydroxylation is 1. The molecule has 1 N–H and O–H groups in total. The average Bonchev–Trinajstić information content (AvgIpc) is 2.99. The van der Waals surface area contributed by atoms with Crippen LogP contribution in [-0.2, 0) is 19.5 Å². The van der Waals surface area contributed by atoms with Gasteiger partial charge in [0.25, 0.3) is 10.0 Å². The molecular weight excluding hydrogens is 342 g/mol. The number of benzene rings is 1. The SMILES string of the molecule is Cc1ccc(S(=O)(=O)NC(=O)O[C@@H]2C[C@]3(C(C)C)CC[C@@]2(C)O3)cc1. The number of hydrogen-bond donors (Lipinski definition) is 1. The van der Waals surface area contributed by atoms with E-state index in [9.17, 15) is 13.2 Å². The summed E-state index contributed by atoms with van der Waals surface area (Å²) in [5.41, 5.74) is 0.109. The van der Waals surface area contributed by atoms with Gasteiger partial charge in [0, 0.05) is 6.42 Å². The standard InChI is InChI=1S/C18H25NO5S/c1-12(2)18-10-9-17(4,24-18)15(11-18)23-16(20)19-25(21,22)14-7-5-13(3)6-8-14/h5-8,12,15H,9-11H2,1-4H3,(H,19,20)/t15-,17-,18+/m1/s1. The van der Waals surface area contributed by atoms with E-state index in [1.54, 1.807) is 12.1 Å². The summed E-state index contributed by atoms with van der Waals surface area (Å²) in [5.74, 6) is 0.308. The molecule has 0 saturated carbocycles. The van der Waals surface area contributed by atoms with Crippen LogP contribution in [0.1, 0.15) is 45.6 Å². The molecule has 0 unspecified atom stereocenters. The van der Waals surface area contributed by atoms with Crippen LogP contribution in [0.25, 0.3) is 0 Å².